The van der Waals surface area contributed by atoms with Crippen molar-refractivity contribution in [1.29, 1.82) is 0 Å². The van der Waals surface area contributed by atoms with Crippen molar-refractivity contribution < 1.29 is 13.6 Å². The largest absolute Gasteiger partial charge is 0.461 e. The Bertz CT molecular complexity index is 764. The van der Waals surface area contributed by atoms with E-state index >= 15 is 0 Å². The summed E-state index contributed by atoms with van der Waals surface area (Å²) >= 11 is 4.65. The van der Waals surface area contributed by atoms with Gasteiger partial charge < -0.3 is 8.83 Å². The van der Waals surface area contributed by atoms with Gasteiger partial charge in [0.1, 0.15) is 0 Å². The Labute approximate surface area is 132 Å². The molecule has 0 spiro atoms. The van der Waals surface area contributed by atoms with Crippen molar-refractivity contribution in [3.8, 4) is 11.6 Å². The quantitative estimate of drug-likeness (QED) is 0.637. The minimum absolute atomic E-state index is 0.262. The first kappa shape index (κ1) is 14.2. The minimum Gasteiger partial charge on any atom is -0.461 e. The van der Waals surface area contributed by atoms with E-state index in [-0.39, 0.29) is 5.76 Å². The number of hydrogen-bond donors (Lipinski definition) is 0. The van der Waals surface area contributed by atoms with Crippen molar-refractivity contribution in [2.24, 2.45) is 0 Å². The van der Waals surface area contributed by atoms with E-state index in [1.807, 2.05) is 17.6 Å². The van der Waals surface area contributed by atoms with Crippen molar-refractivity contribution >= 4 is 34.0 Å². The number of aromatic nitrogens is 3. The Hall–Kier alpha value is -1.80. The minimum atomic E-state index is 0.262. The summed E-state index contributed by atoms with van der Waals surface area (Å²) < 4.78 is 13.4. The van der Waals surface area contributed by atoms with Crippen LogP contribution in [0.4, 0.5) is 0 Å². The lowest BCUT2D eigenvalue weighted by molar-refractivity contribution is 0.109. The van der Waals surface area contributed by atoms with Gasteiger partial charge in [-0.15, -0.1) is 10.2 Å². The van der Waals surface area contributed by atoms with Crippen LogP contribution in [0.5, 0.6) is 0 Å². The molecule has 0 saturated heterocycles. The molecule has 21 heavy (non-hydrogen) atoms. The monoisotopic (exact) mass is 367 g/mol. The Morgan fingerprint density at radius 2 is 2.33 bits per heavy atom. The fraction of sp³-hybridized carbons (Fsp3) is 0.154. The molecular formula is C13H10BrN3O3S. The lowest BCUT2D eigenvalue weighted by atomic mass is 10.4. The molecule has 3 rings (SSSR count). The van der Waals surface area contributed by atoms with Gasteiger partial charge in [-0.05, 0) is 46.7 Å². The van der Waals surface area contributed by atoms with Gasteiger partial charge in [-0.2, -0.15) is 0 Å². The Morgan fingerprint density at radius 3 is 2.95 bits per heavy atom. The molecule has 3 aromatic rings. The zero-order valence-electron chi connectivity index (χ0n) is 10.9. The number of carbonyl (C=O) groups is 1. The molecule has 0 atom stereocenters. The van der Waals surface area contributed by atoms with Crippen LogP contribution in [0.25, 0.3) is 11.6 Å². The molecule has 108 valence electrons. The van der Waals surface area contributed by atoms with Gasteiger partial charge in [-0.3, -0.25) is 9.36 Å². The fourth-order valence-electron chi connectivity index (χ4n) is 1.82. The van der Waals surface area contributed by atoms with E-state index in [9.17, 15) is 4.79 Å². The lowest BCUT2D eigenvalue weighted by Gasteiger charge is -2.04. The number of rotatable bonds is 5. The molecule has 0 fully saturated rings. The van der Waals surface area contributed by atoms with Crippen LogP contribution in [0.15, 0.2) is 48.0 Å². The van der Waals surface area contributed by atoms with Gasteiger partial charge in [-0.25, -0.2) is 0 Å². The molecule has 0 aliphatic carbocycles. The molecule has 8 heteroatoms. The third kappa shape index (κ3) is 2.68. The molecular weight excluding hydrogens is 358 g/mol. The van der Waals surface area contributed by atoms with Crippen LogP contribution in [0.1, 0.15) is 17.5 Å². The van der Waals surface area contributed by atoms with Gasteiger partial charge in [0, 0.05) is 12.6 Å². The van der Waals surface area contributed by atoms with Gasteiger partial charge in [0.2, 0.25) is 0 Å². The molecule has 0 bridgehead atoms. The highest BCUT2D eigenvalue weighted by Crippen LogP contribution is 2.36. The SMILES string of the molecule is CCn1c(Sc2oc(C=O)cc2Br)nnc1-c1ccco1. The van der Waals surface area contributed by atoms with Crippen molar-refractivity contribution in [3.63, 3.8) is 0 Å². The van der Waals surface area contributed by atoms with E-state index in [1.54, 1.807) is 18.4 Å². The van der Waals surface area contributed by atoms with Crippen LogP contribution in [0.3, 0.4) is 0 Å². The summed E-state index contributed by atoms with van der Waals surface area (Å²) in [5, 5.41) is 9.54. The molecule has 0 N–H and O–H groups in total. The number of hydrogen-bond acceptors (Lipinski definition) is 6. The Balaban J connectivity index is 1.96. The summed E-state index contributed by atoms with van der Waals surface area (Å²) in [5.74, 6) is 1.57. The van der Waals surface area contributed by atoms with Gasteiger partial charge in [0.05, 0.1) is 10.7 Å². The number of carbonyl (C=O) groups excluding carboxylic acids is 1. The van der Waals surface area contributed by atoms with Gasteiger partial charge >= 0.3 is 0 Å². The highest BCUT2D eigenvalue weighted by atomic mass is 79.9. The van der Waals surface area contributed by atoms with E-state index in [0.717, 1.165) is 0 Å². The Kier molecular flexibility index (Phi) is 3.98. The van der Waals surface area contributed by atoms with Crippen LogP contribution in [-0.4, -0.2) is 21.1 Å². The summed E-state index contributed by atoms with van der Waals surface area (Å²) in [5.41, 5.74) is 0. The normalized spacial score (nSPS) is 11.0. The van der Waals surface area contributed by atoms with E-state index < -0.39 is 0 Å². The molecule has 0 saturated carbocycles. The maximum absolute atomic E-state index is 10.7. The molecule has 3 heterocycles. The zero-order valence-corrected chi connectivity index (χ0v) is 13.3. The molecule has 0 radical (unpaired) electrons. The van der Waals surface area contributed by atoms with Gasteiger partial charge in [0.15, 0.2) is 33.9 Å². The highest BCUT2D eigenvalue weighted by molar-refractivity contribution is 9.10. The molecule has 6 nitrogen and oxygen atoms in total. The van der Waals surface area contributed by atoms with Gasteiger partial charge in [-0.1, -0.05) is 0 Å². The average molecular weight is 368 g/mol. The van der Waals surface area contributed by atoms with E-state index in [2.05, 4.69) is 26.1 Å². The molecule has 0 unspecified atom stereocenters. The molecule has 0 aliphatic heterocycles. The molecule has 0 aromatic carbocycles. The first-order chi connectivity index (χ1) is 10.2. The summed E-state index contributed by atoms with van der Waals surface area (Å²) in [6.07, 6.45) is 2.25. The molecule has 0 aliphatic rings. The maximum Gasteiger partial charge on any atom is 0.200 e. The van der Waals surface area contributed by atoms with Crippen LogP contribution >= 0.6 is 27.7 Å². The third-order valence-electron chi connectivity index (χ3n) is 2.75. The van der Waals surface area contributed by atoms with Crippen molar-refractivity contribution in [2.45, 2.75) is 23.7 Å². The van der Waals surface area contributed by atoms with Crippen LogP contribution in [-0.2, 0) is 6.54 Å². The van der Waals surface area contributed by atoms with Gasteiger partial charge in [0.25, 0.3) is 0 Å². The van der Waals surface area contributed by atoms with Crippen molar-refractivity contribution in [1.82, 2.24) is 14.8 Å². The molecule has 0 amide bonds. The first-order valence-corrected chi connectivity index (χ1v) is 7.73. The fourth-order valence-corrected chi connectivity index (χ4v) is 3.23. The summed E-state index contributed by atoms with van der Waals surface area (Å²) in [7, 11) is 0. The predicted molar refractivity (Wildman–Crippen MR) is 79.3 cm³/mol. The second kappa shape index (κ2) is 5.90. The van der Waals surface area contributed by atoms with Crippen molar-refractivity contribution in [3.05, 3.63) is 34.7 Å². The van der Waals surface area contributed by atoms with Crippen molar-refractivity contribution in [2.75, 3.05) is 0 Å². The third-order valence-corrected chi connectivity index (χ3v) is 4.57. The smallest absolute Gasteiger partial charge is 0.200 e. The number of furan rings is 2. The maximum atomic E-state index is 10.7. The number of nitrogens with zero attached hydrogens (tertiary/aromatic N) is 3. The highest BCUT2D eigenvalue weighted by Gasteiger charge is 2.18. The first-order valence-electron chi connectivity index (χ1n) is 6.12. The Morgan fingerprint density at radius 1 is 1.48 bits per heavy atom. The summed E-state index contributed by atoms with van der Waals surface area (Å²) in [4.78, 5) is 10.7. The van der Waals surface area contributed by atoms with E-state index in [0.29, 0.717) is 39.1 Å². The summed E-state index contributed by atoms with van der Waals surface area (Å²) in [6, 6.07) is 5.25. The summed E-state index contributed by atoms with van der Waals surface area (Å²) in [6.45, 7) is 2.68. The second-order valence-corrected chi connectivity index (χ2v) is 5.83. The van der Waals surface area contributed by atoms with Crippen LogP contribution in [0.2, 0.25) is 0 Å². The lowest BCUT2D eigenvalue weighted by Crippen LogP contribution is -1.98. The number of halogens is 1. The average Bonchev–Trinajstić information content (AvgIpc) is 3.19. The topological polar surface area (TPSA) is 74.1 Å². The van der Waals surface area contributed by atoms with Crippen LogP contribution < -0.4 is 0 Å². The van der Waals surface area contributed by atoms with E-state index in [1.165, 1.54) is 11.8 Å². The van der Waals surface area contributed by atoms with Crippen LogP contribution in [0, 0.1) is 0 Å². The standard InChI is InChI=1S/C13H10BrN3O3S/c1-2-17-11(10-4-3-5-19-10)15-16-13(17)21-12-9(14)6-8(7-18)20-12/h3-7H,2H2,1H3. The predicted octanol–water partition coefficient (Wildman–Crippen LogP) is 3.88. The number of aldehydes is 1. The van der Waals surface area contributed by atoms with E-state index in [4.69, 9.17) is 8.83 Å². The molecule has 3 aromatic heterocycles. The second-order valence-electron chi connectivity index (χ2n) is 4.03. The zero-order chi connectivity index (χ0) is 14.8.